The van der Waals surface area contributed by atoms with Gasteiger partial charge < -0.3 is 0 Å². The van der Waals surface area contributed by atoms with Gasteiger partial charge in [-0.15, -0.1) is 0 Å². The van der Waals surface area contributed by atoms with E-state index in [2.05, 4.69) is 232 Å². The lowest BCUT2D eigenvalue weighted by Crippen LogP contribution is -1.93. The van der Waals surface area contributed by atoms with Crippen molar-refractivity contribution in [2.45, 2.75) is 13.8 Å². The highest BCUT2D eigenvalue weighted by molar-refractivity contribution is 6.51. The third-order valence-corrected chi connectivity index (χ3v) is 17.0. The van der Waals surface area contributed by atoms with Crippen LogP contribution in [0.4, 0.5) is 0 Å². The number of hydrogen-bond donors (Lipinski definition) is 0. The molecule has 330 valence electrons. The van der Waals surface area contributed by atoms with E-state index in [1.54, 1.807) is 0 Å². The normalized spacial score (nSPS) is 12.6. The summed E-state index contributed by atoms with van der Waals surface area (Å²) in [6, 6.07) is 83.1. The monoisotopic (exact) mass is 906 g/mol. The molecule has 0 atom stereocenters. The lowest BCUT2D eigenvalue weighted by atomic mass is 9.82. The zero-order valence-electron chi connectivity index (χ0n) is 39.8. The van der Waals surface area contributed by atoms with Gasteiger partial charge in [-0.3, -0.25) is 0 Å². The second-order valence-corrected chi connectivity index (χ2v) is 20.5. The highest BCUT2D eigenvalue weighted by Crippen LogP contribution is 2.61. The van der Waals surface area contributed by atoms with Gasteiger partial charge in [-0.25, -0.2) is 0 Å². The third-order valence-electron chi connectivity index (χ3n) is 17.0. The topological polar surface area (TPSA) is 0 Å². The van der Waals surface area contributed by atoms with Gasteiger partial charge in [0.25, 0.3) is 0 Å². The van der Waals surface area contributed by atoms with Crippen LogP contribution in [0, 0.1) is 13.8 Å². The van der Waals surface area contributed by atoms with Crippen LogP contribution in [0.2, 0.25) is 0 Å². The minimum absolute atomic E-state index is 1.25. The summed E-state index contributed by atoms with van der Waals surface area (Å²) in [6.45, 7) is 4.52. The fourth-order valence-corrected chi connectivity index (χ4v) is 14.4. The second-order valence-electron chi connectivity index (χ2n) is 20.5. The van der Waals surface area contributed by atoms with E-state index >= 15 is 0 Å². The molecule has 0 heterocycles. The van der Waals surface area contributed by atoms with E-state index in [9.17, 15) is 0 Å². The molecule has 17 rings (SSSR count). The van der Waals surface area contributed by atoms with Gasteiger partial charge in [0, 0.05) is 0 Å². The van der Waals surface area contributed by atoms with Gasteiger partial charge >= 0.3 is 0 Å². The van der Waals surface area contributed by atoms with Crippen LogP contribution >= 0.6 is 0 Å². The van der Waals surface area contributed by atoms with Crippen LogP contribution in [0.5, 0.6) is 0 Å². The number of hydrogen-bond acceptors (Lipinski definition) is 0. The summed E-state index contributed by atoms with van der Waals surface area (Å²) in [5.74, 6) is 0. The quantitative estimate of drug-likeness (QED) is 0.122. The van der Waals surface area contributed by atoms with Crippen LogP contribution in [0.3, 0.4) is 0 Å². The van der Waals surface area contributed by atoms with Gasteiger partial charge in [-0.1, -0.05) is 206 Å². The van der Waals surface area contributed by atoms with Gasteiger partial charge in [0.05, 0.1) is 0 Å². The first-order chi connectivity index (χ1) is 35.6. The van der Waals surface area contributed by atoms with E-state index in [1.807, 2.05) is 0 Å². The molecule has 0 bridgehead atoms. The highest BCUT2D eigenvalue weighted by atomic mass is 14.4. The molecular weight excluding hydrogens is 865 g/mol. The average molecular weight is 907 g/mol. The molecule has 1 aliphatic rings. The Kier molecular flexibility index (Phi) is 7.43. The molecule has 0 amide bonds. The van der Waals surface area contributed by atoms with Gasteiger partial charge in [0.1, 0.15) is 0 Å². The Labute approximate surface area is 415 Å². The lowest BCUT2D eigenvalue weighted by Gasteiger charge is -2.20. The zero-order valence-corrected chi connectivity index (χ0v) is 39.8. The lowest BCUT2D eigenvalue weighted by molar-refractivity contribution is 1.38. The van der Waals surface area contributed by atoms with Crippen molar-refractivity contribution in [2.75, 3.05) is 0 Å². The van der Waals surface area contributed by atoms with E-state index in [-0.39, 0.29) is 0 Å². The molecule has 0 radical (unpaired) electrons. The molecule has 0 unspecified atom stereocenters. The summed E-state index contributed by atoms with van der Waals surface area (Å²) in [5, 5.41) is 26.8. The molecule has 0 aliphatic heterocycles. The van der Waals surface area contributed by atoms with Crippen LogP contribution in [-0.2, 0) is 0 Å². The first-order valence-electron chi connectivity index (χ1n) is 25.4. The third kappa shape index (κ3) is 4.73. The Morgan fingerprint density at radius 2 is 0.556 bits per heavy atom. The minimum Gasteiger partial charge on any atom is -0.0622 e. The first kappa shape index (κ1) is 38.7. The molecule has 1 aliphatic carbocycles. The average Bonchev–Trinajstić information content (AvgIpc) is 4.07. The van der Waals surface area contributed by atoms with E-state index in [0.717, 1.165) is 0 Å². The van der Waals surface area contributed by atoms with E-state index in [4.69, 9.17) is 0 Å². The SMILES string of the molecule is Cc1cccc(C)c1-c1cc2c(-c3ccccc3)c3c4ccc5c6ccc7c8c(ccc(c9ccc(c4c59)c3c3c4ccccc4c(c1)c23)c86)-c1c-7c(-c2ccccc2)c2ccccc2c1-c1ccccc1. The van der Waals surface area contributed by atoms with Crippen molar-refractivity contribution < 1.29 is 0 Å². The van der Waals surface area contributed by atoms with Crippen molar-refractivity contribution in [3.8, 4) is 66.8 Å². The second kappa shape index (κ2) is 13.8. The summed E-state index contributed by atoms with van der Waals surface area (Å²) in [5.41, 5.74) is 18.2. The Morgan fingerprint density at radius 3 is 1.11 bits per heavy atom. The maximum atomic E-state index is 2.52. The molecule has 0 saturated carbocycles. The van der Waals surface area contributed by atoms with E-state index in [1.165, 1.54) is 186 Å². The molecule has 0 saturated heterocycles. The molecule has 0 heteroatoms. The molecule has 0 nitrogen and oxygen atoms in total. The summed E-state index contributed by atoms with van der Waals surface area (Å²) in [7, 11) is 0. The molecule has 0 aromatic heterocycles. The molecule has 0 spiro atoms. The maximum Gasteiger partial charge on any atom is -0.000696 e. The fraction of sp³-hybridized carbons (Fsp3) is 0.0278. The van der Waals surface area contributed by atoms with Crippen molar-refractivity contribution >= 4 is 108 Å². The van der Waals surface area contributed by atoms with Crippen LogP contribution in [0.15, 0.2) is 218 Å². The summed E-state index contributed by atoms with van der Waals surface area (Å²) in [6.07, 6.45) is 0. The molecule has 0 fully saturated rings. The summed E-state index contributed by atoms with van der Waals surface area (Å²) in [4.78, 5) is 0. The Balaban J connectivity index is 1.04. The van der Waals surface area contributed by atoms with Crippen LogP contribution in [0.1, 0.15) is 11.1 Å². The van der Waals surface area contributed by atoms with Crippen molar-refractivity contribution in [3.63, 3.8) is 0 Å². The molecule has 72 heavy (non-hydrogen) atoms. The molecule has 0 N–H and O–H groups in total. The van der Waals surface area contributed by atoms with Crippen LogP contribution in [-0.4, -0.2) is 0 Å². The number of benzene rings is 14. The van der Waals surface area contributed by atoms with Crippen LogP contribution < -0.4 is 0 Å². The molecular formula is C72H42. The Hall–Kier alpha value is -9.10. The molecule has 16 aromatic rings. The highest BCUT2D eigenvalue weighted by Gasteiger charge is 2.33. The smallest absolute Gasteiger partial charge is 0.000696 e. The van der Waals surface area contributed by atoms with E-state index < -0.39 is 0 Å². The predicted octanol–water partition coefficient (Wildman–Crippen LogP) is 20.5. The number of aryl methyl sites for hydroxylation is 2. The Bertz CT molecular complexity index is 4840. The van der Waals surface area contributed by atoms with Crippen LogP contribution in [0.25, 0.3) is 174 Å². The maximum absolute atomic E-state index is 2.52. The number of rotatable bonds is 4. The Morgan fingerprint density at radius 1 is 0.181 bits per heavy atom. The summed E-state index contributed by atoms with van der Waals surface area (Å²) >= 11 is 0. The van der Waals surface area contributed by atoms with Gasteiger partial charge in [0.2, 0.25) is 0 Å². The minimum atomic E-state index is 1.25. The molecule has 16 aromatic carbocycles. The largest absolute Gasteiger partial charge is 0.0622 e. The van der Waals surface area contributed by atoms with Gasteiger partial charge in [-0.05, 0) is 212 Å². The van der Waals surface area contributed by atoms with Crippen molar-refractivity contribution in [3.05, 3.63) is 230 Å². The van der Waals surface area contributed by atoms with Gasteiger partial charge in [0.15, 0.2) is 0 Å². The first-order valence-corrected chi connectivity index (χ1v) is 25.4. The summed E-state index contributed by atoms with van der Waals surface area (Å²) < 4.78 is 0. The standard InChI is InChI=1S/C72H42/c1-39-17-16-18-40(2)59(39)44-37-57-45-25-12-13-26-46(45)68-67(57)58(38-44)62(43-23-10-5-11-24-43)71-55-35-31-51-49-29-33-53-65-54(34-30-50(63(49)65)52-32-36-56(72(68)71)66(55)64(51)52)70-61(42-21-8-4-9-22-42)48-28-15-14-27-47(48)60(69(53)70)41-19-6-3-7-20-41/h3-38H,1-2H3. The fourth-order valence-electron chi connectivity index (χ4n) is 14.4. The van der Waals surface area contributed by atoms with Gasteiger partial charge in [-0.2, -0.15) is 0 Å². The van der Waals surface area contributed by atoms with Crippen molar-refractivity contribution in [1.82, 2.24) is 0 Å². The number of fused-ring (bicyclic) bond motifs is 13. The van der Waals surface area contributed by atoms with E-state index in [0.29, 0.717) is 0 Å². The van der Waals surface area contributed by atoms with Crippen molar-refractivity contribution in [2.24, 2.45) is 0 Å². The predicted molar refractivity (Wildman–Crippen MR) is 311 cm³/mol. The zero-order chi connectivity index (χ0) is 47.1. The van der Waals surface area contributed by atoms with Crippen molar-refractivity contribution in [1.29, 1.82) is 0 Å².